The van der Waals surface area contributed by atoms with E-state index in [1.165, 1.54) is 24.6 Å². The van der Waals surface area contributed by atoms with Crippen molar-refractivity contribution in [3.63, 3.8) is 0 Å². The highest BCUT2D eigenvalue weighted by Gasteiger charge is 2.33. The quantitative estimate of drug-likeness (QED) is 0.917. The first-order valence-corrected chi connectivity index (χ1v) is 6.75. The van der Waals surface area contributed by atoms with Crippen LogP contribution in [0, 0.1) is 5.92 Å². The predicted octanol–water partition coefficient (Wildman–Crippen LogP) is 2.42. The van der Waals surface area contributed by atoms with Crippen LogP contribution in [0.5, 0.6) is 0 Å². The van der Waals surface area contributed by atoms with Crippen LogP contribution in [0.1, 0.15) is 34.1 Å². The first-order valence-electron chi connectivity index (χ1n) is 5.98. The molecular weight excluding hydrogens is 246 g/mol. The molecule has 4 nitrogen and oxygen atoms in total. The molecule has 3 rings (SSSR count). The molecule has 0 aliphatic heterocycles. The summed E-state index contributed by atoms with van der Waals surface area (Å²) in [6, 6.07) is 10.2. The molecule has 0 bridgehead atoms. The minimum absolute atomic E-state index is 0.0780. The van der Waals surface area contributed by atoms with Crippen molar-refractivity contribution >= 4 is 17.4 Å². The summed E-state index contributed by atoms with van der Waals surface area (Å²) in [5.41, 5.74) is 1.17. The molecule has 0 radical (unpaired) electrons. The van der Waals surface area contributed by atoms with Gasteiger partial charge in [-0.05, 0) is 35.9 Å². The van der Waals surface area contributed by atoms with Gasteiger partial charge in [0.05, 0.1) is 12.2 Å². The SMILES string of the molecule is O=C(N[C@H](c1ccccc1)C1CC1)c1cnns1. The smallest absolute Gasteiger partial charge is 0.265 e. The molecular formula is C13H13N3OS. The third kappa shape index (κ3) is 2.41. The molecule has 1 N–H and O–H groups in total. The van der Waals surface area contributed by atoms with E-state index in [0.29, 0.717) is 10.8 Å². The van der Waals surface area contributed by atoms with Crippen molar-refractivity contribution in [1.82, 2.24) is 14.9 Å². The Labute approximate surface area is 109 Å². The topological polar surface area (TPSA) is 54.9 Å². The zero-order valence-corrected chi connectivity index (χ0v) is 10.6. The van der Waals surface area contributed by atoms with E-state index < -0.39 is 0 Å². The lowest BCUT2D eigenvalue weighted by molar-refractivity contribution is 0.0935. The molecule has 1 aromatic carbocycles. The standard InChI is InChI=1S/C13H13N3OS/c17-13(11-8-14-16-18-11)15-12(10-6-7-10)9-4-2-1-3-5-9/h1-5,8,10,12H,6-7H2,(H,15,17)/t12-/m1/s1. The average molecular weight is 259 g/mol. The van der Waals surface area contributed by atoms with Gasteiger partial charge in [-0.15, -0.1) is 5.10 Å². The second-order valence-electron chi connectivity index (χ2n) is 4.48. The average Bonchev–Trinajstić information content (AvgIpc) is 3.10. The molecule has 0 spiro atoms. The Kier molecular flexibility index (Phi) is 3.06. The summed E-state index contributed by atoms with van der Waals surface area (Å²) in [5, 5.41) is 6.78. The summed E-state index contributed by atoms with van der Waals surface area (Å²) in [6.07, 6.45) is 3.87. The number of hydrogen-bond acceptors (Lipinski definition) is 4. The fourth-order valence-electron chi connectivity index (χ4n) is 2.04. The van der Waals surface area contributed by atoms with Gasteiger partial charge in [0, 0.05) is 0 Å². The largest absolute Gasteiger partial charge is 0.344 e. The third-order valence-electron chi connectivity index (χ3n) is 3.12. The molecule has 18 heavy (non-hydrogen) atoms. The van der Waals surface area contributed by atoms with Gasteiger partial charge in [0.15, 0.2) is 0 Å². The third-order valence-corrected chi connectivity index (χ3v) is 3.79. The first-order chi connectivity index (χ1) is 8.84. The summed E-state index contributed by atoms with van der Waals surface area (Å²) < 4.78 is 3.71. The van der Waals surface area contributed by atoms with Crippen LogP contribution in [-0.4, -0.2) is 15.5 Å². The molecule has 1 saturated carbocycles. The van der Waals surface area contributed by atoms with Gasteiger partial charge in [-0.3, -0.25) is 4.79 Å². The maximum Gasteiger partial charge on any atom is 0.265 e. The van der Waals surface area contributed by atoms with Crippen LogP contribution in [0.2, 0.25) is 0 Å². The van der Waals surface area contributed by atoms with Crippen LogP contribution in [-0.2, 0) is 0 Å². The Morgan fingerprint density at radius 2 is 2.11 bits per heavy atom. The molecule has 5 heteroatoms. The van der Waals surface area contributed by atoms with Gasteiger partial charge in [-0.2, -0.15) is 0 Å². The second-order valence-corrected chi connectivity index (χ2v) is 5.27. The van der Waals surface area contributed by atoms with Gasteiger partial charge in [0.25, 0.3) is 5.91 Å². The highest BCUT2D eigenvalue weighted by atomic mass is 32.1. The lowest BCUT2D eigenvalue weighted by atomic mass is 10.0. The monoisotopic (exact) mass is 259 g/mol. The summed E-state index contributed by atoms with van der Waals surface area (Å²) >= 11 is 1.13. The van der Waals surface area contributed by atoms with Crippen LogP contribution >= 0.6 is 11.5 Å². The second kappa shape index (κ2) is 4.86. The van der Waals surface area contributed by atoms with E-state index in [2.05, 4.69) is 27.0 Å². The number of nitrogens with one attached hydrogen (secondary N) is 1. The Morgan fingerprint density at radius 3 is 2.72 bits per heavy atom. The zero-order chi connectivity index (χ0) is 12.4. The van der Waals surface area contributed by atoms with E-state index >= 15 is 0 Å². The maximum atomic E-state index is 12.0. The normalized spacial score (nSPS) is 16.2. The fraction of sp³-hybridized carbons (Fsp3) is 0.308. The van der Waals surface area contributed by atoms with Crippen LogP contribution in [0.3, 0.4) is 0 Å². The molecule has 1 fully saturated rings. The van der Waals surface area contributed by atoms with Crippen molar-refractivity contribution in [2.75, 3.05) is 0 Å². The van der Waals surface area contributed by atoms with E-state index in [1.54, 1.807) is 0 Å². The number of carbonyl (C=O) groups is 1. The maximum absolute atomic E-state index is 12.0. The highest BCUT2D eigenvalue weighted by molar-refractivity contribution is 7.07. The van der Waals surface area contributed by atoms with E-state index in [1.807, 2.05) is 18.2 Å². The number of nitrogens with zero attached hydrogens (tertiary/aromatic N) is 2. The molecule has 1 heterocycles. The highest BCUT2D eigenvalue weighted by Crippen LogP contribution is 2.41. The van der Waals surface area contributed by atoms with Crippen LogP contribution in [0.4, 0.5) is 0 Å². The summed E-state index contributed by atoms with van der Waals surface area (Å²) in [4.78, 5) is 12.6. The first kappa shape index (κ1) is 11.3. The Bertz CT molecular complexity index is 522. The Morgan fingerprint density at radius 1 is 1.33 bits per heavy atom. The molecule has 1 atom stereocenters. The molecule has 0 unspecified atom stereocenters. The summed E-state index contributed by atoms with van der Waals surface area (Å²) in [6.45, 7) is 0. The van der Waals surface area contributed by atoms with Crippen molar-refractivity contribution in [2.45, 2.75) is 18.9 Å². The molecule has 1 aliphatic rings. The summed E-state index contributed by atoms with van der Waals surface area (Å²) in [7, 11) is 0. The lowest BCUT2D eigenvalue weighted by Crippen LogP contribution is -2.29. The molecule has 92 valence electrons. The minimum Gasteiger partial charge on any atom is -0.344 e. The van der Waals surface area contributed by atoms with E-state index in [0.717, 1.165) is 11.5 Å². The van der Waals surface area contributed by atoms with Gasteiger partial charge >= 0.3 is 0 Å². The van der Waals surface area contributed by atoms with Crippen molar-refractivity contribution in [1.29, 1.82) is 0 Å². The van der Waals surface area contributed by atoms with Gasteiger partial charge in [-0.1, -0.05) is 34.8 Å². The van der Waals surface area contributed by atoms with Crippen molar-refractivity contribution in [3.05, 3.63) is 47.0 Å². The van der Waals surface area contributed by atoms with Crippen molar-refractivity contribution in [3.8, 4) is 0 Å². The molecule has 1 aliphatic carbocycles. The zero-order valence-electron chi connectivity index (χ0n) is 9.74. The number of amides is 1. The van der Waals surface area contributed by atoms with Crippen LogP contribution in [0.25, 0.3) is 0 Å². The van der Waals surface area contributed by atoms with Crippen molar-refractivity contribution in [2.24, 2.45) is 5.92 Å². The van der Waals surface area contributed by atoms with E-state index in [9.17, 15) is 4.79 Å². The Balaban J connectivity index is 1.77. The van der Waals surface area contributed by atoms with Gasteiger partial charge < -0.3 is 5.32 Å². The number of rotatable bonds is 4. The van der Waals surface area contributed by atoms with E-state index in [4.69, 9.17) is 0 Å². The van der Waals surface area contributed by atoms with E-state index in [-0.39, 0.29) is 11.9 Å². The lowest BCUT2D eigenvalue weighted by Gasteiger charge is -2.18. The number of benzene rings is 1. The fourth-order valence-corrected chi connectivity index (χ4v) is 2.46. The van der Waals surface area contributed by atoms with Crippen LogP contribution in [0.15, 0.2) is 36.5 Å². The number of aromatic nitrogens is 2. The molecule has 0 saturated heterocycles. The minimum atomic E-state index is -0.0780. The van der Waals surface area contributed by atoms with Gasteiger partial charge in [0.2, 0.25) is 0 Å². The predicted molar refractivity (Wildman–Crippen MR) is 69.3 cm³/mol. The van der Waals surface area contributed by atoms with Gasteiger partial charge in [0.1, 0.15) is 4.88 Å². The Hall–Kier alpha value is -1.75. The number of hydrogen-bond donors (Lipinski definition) is 1. The number of carbonyl (C=O) groups excluding carboxylic acids is 1. The van der Waals surface area contributed by atoms with Crippen LogP contribution < -0.4 is 5.32 Å². The molecule has 2 aromatic rings. The van der Waals surface area contributed by atoms with Crippen molar-refractivity contribution < 1.29 is 4.79 Å². The van der Waals surface area contributed by atoms with Gasteiger partial charge in [-0.25, -0.2) is 0 Å². The summed E-state index contributed by atoms with van der Waals surface area (Å²) in [5.74, 6) is 0.489. The molecule has 1 amide bonds. The molecule has 1 aromatic heterocycles.